The van der Waals surface area contributed by atoms with Crippen molar-refractivity contribution in [3.8, 4) is 0 Å². The standard InChI is InChI=1S/C21H36N4O5/c1-15(2)9-10-22-21(29)23-19(27)18-8-5-11-25(18)20(28)17(13-24(30)14-26)12-16-6-3-4-7-16/h14-18,30H,3-13H2,1-2H3,(H2,22,23,27,29)/t17-,18+/m1/s1. The van der Waals surface area contributed by atoms with Gasteiger partial charge in [0, 0.05) is 13.1 Å². The number of carbonyl (C=O) groups excluding carboxylic acids is 4. The molecule has 1 aliphatic carbocycles. The lowest BCUT2D eigenvalue weighted by molar-refractivity contribution is -0.158. The quantitative estimate of drug-likeness (QED) is 0.281. The van der Waals surface area contributed by atoms with Crippen molar-refractivity contribution in [3.05, 3.63) is 0 Å². The number of hydrogen-bond donors (Lipinski definition) is 3. The Bertz CT molecular complexity index is 606. The maximum atomic E-state index is 13.2. The third-order valence-corrected chi connectivity index (χ3v) is 6.05. The lowest BCUT2D eigenvalue weighted by Gasteiger charge is -2.30. The highest BCUT2D eigenvalue weighted by Gasteiger charge is 2.39. The minimum Gasteiger partial charge on any atom is -0.338 e. The fourth-order valence-corrected chi connectivity index (χ4v) is 4.42. The predicted octanol–water partition coefficient (Wildman–Crippen LogP) is 1.89. The molecule has 9 heteroatoms. The van der Waals surface area contributed by atoms with Crippen LogP contribution in [0.3, 0.4) is 0 Å². The van der Waals surface area contributed by atoms with Crippen LogP contribution in [-0.2, 0) is 14.4 Å². The Morgan fingerprint density at radius 1 is 1.17 bits per heavy atom. The van der Waals surface area contributed by atoms with Crippen molar-refractivity contribution >= 4 is 24.3 Å². The molecule has 2 fully saturated rings. The molecule has 0 aromatic heterocycles. The zero-order valence-electron chi connectivity index (χ0n) is 18.1. The van der Waals surface area contributed by atoms with E-state index in [0.717, 1.165) is 32.1 Å². The Labute approximate surface area is 178 Å². The molecule has 170 valence electrons. The van der Waals surface area contributed by atoms with Crippen LogP contribution in [0.4, 0.5) is 4.79 Å². The lowest BCUT2D eigenvalue weighted by Crippen LogP contribution is -2.52. The van der Waals surface area contributed by atoms with Gasteiger partial charge < -0.3 is 10.2 Å². The Kier molecular flexibility index (Phi) is 9.55. The van der Waals surface area contributed by atoms with Crippen molar-refractivity contribution in [3.63, 3.8) is 0 Å². The van der Waals surface area contributed by atoms with Crippen LogP contribution >= 0.6 is 0 Å². The fraction of sp³-hybridized carbons (Fsp3) is 0.810. The molecule has 2 aliphatic rings. The third kappa shape index (κ3) is 7.27. The number of hydroxylamine groups is 2. The van der Waals surface area contributed by atoms with E-state index in [4.69, 9.17) is 0 Å². The Morgan fingerprint density at radius 2 is 1.87 bits per heavy atom. The first kappa shape index (κ1) is 24.1. The molecule has 3 N–H and O–H groups in total. The normalized spacial score (nSPS) is 20.3. The summed E-state index contributed by atoms with van der Waals surface area (Å²) in [6, 6.07) is -1.26. The SMILES string of the molecule is CC(C)CCNC(=O)NC(=O)[C@@H]1CCCN1C(=O)[C@H](CC1CCCC1)CN(O)C=O. The van der Waals surface area contributed by atoms with Crippen molar-refractivity contribution < 1.29 is 24.4 Å². The van der Waals surface area contributed by atoms with Crippen LogP contribution in [0.15, 0.2) is 0 Å². The molecule has 0 aromatic rings. The number of carbonyl (C=O) groups is 4. The van der Waals surface area contributed by atoms with E-state index in [0.29, 0.717) is 55.7 Å². The Hall–Kier alpha value is -2.16. The summed E-state index contributed by atoms with van der Waals surface area (Å²) in [5, 5.41) is 15.2. The molecule has 5 amide bonds. The van der Waals surface area contributed by atoms with Gasteiger partial charge in [-0.05, 0) is 37.5 Å². The number of amides is 5. The van der Waals surface area contributed by atoms with Crippen LogP contribution < -0.4 is 10.6 Å². The molecule has 30 heavy (non-hydrogen) atoms. The highest BCUT2D eigenvalue weighted by Crippen LogP contribution is 2.32. The number of likely N-dealkylation sites (tertiary alicyclic amines) is 1. The smallest absolute Gasteiger partial charge is 0.321 e. The first-order valence-corrected chi connectivity index (χ1v) is 11.1. The number of rotatable bonds is 10. The fourth-order valence-electron chi connectivity index (χ4n) is 4.42. The summed E-state index contributed by atoms with van der Waals surface area (Å²) >= 11 is 0. The summed E-state index contributed by atoms with van der Waals surface area (Å²) in [7, 11) is 0. The van der Waals surface area contributed by atoms with Gasteiger partial charge in [-0.25, -0.2) is 9.86 Å². The van der Waals surface area contributed by atoms with Crippen LogP contribution in [0.25, 0.3) is 0 Å². The number of hydrogen-bond acceptors (Lipinski definition) is 5. The molecule has 1 saturated heterocycles. The van der Waals surface area contributed by atoms with E-state index < -0.39 is 23.9 Å². The Balaban J connectivity index is 1.97. The Morgan fingerprint density at radius 3 is 2.50 bits per heavy atom. The third-order valence-electron chi connectivity index (χ3n) is 6.05. The number of imide groups is 1. The van der Waals surface area contributed by atoms with Crippen LogP contribution in [0.1, 0.15) is 65.2 Å². The van der Waals surface area contributed by atoms with Gasteiger partial charge in [0.2, 0.25) is 12.3 Å². The molecular formula is C21H36N4O5. The predicted molar refractivity (Wildman–Crippen MR) is 110 cm³/mol. The van der Waals surface area contributed by atoms with Gasteiger partial charge in [-0.3, -0.25) is 24.9 Å². The van der Waals surface area contributed by atoms with Gasteiger partial charge in [-0.2, -0.15) is 0 Å². The number of nitrogens with one attached hydrogen (secondary N) is 2. The molecule has 1 aliphatic heterocycles. The highest BCUT2D eigenvalue weighted by atomic mass is 16.5. The second kappa shape index (κ2) is 11.9. The van der Waals surface area contributed by atoms with E-state index in [-0.39, 0.29) is 12.5 Å². The van der Waals surface area contributed by atoms with Gasteiger partial charge >= 0.3 is 6.03 Å². The summed E-state index contributed by atoms with van der Waals surface area (Å²) < 4.78 is 0. The van der Waals surface area contributed by atoms with Gasteiger partial charge in [-0.15, -0.1) is 0 Å². The second-order valence-corrected chi connectivity index (χ2v) is 8.93. The molecule has 2 atom stereocenters. The van der Waals surface area contributed by atoms with Crippen LogP contribution in [0, 0.1) is 17.8 Å². The van der Waals surface area contributed by atoms with Crippen molar-refractivity contribution in [2.45, 2.75) is 71.3 Å². The summed E-state index contributed by atoms with van der Waals surface area (Å²) in [6.45, 7) is 4.92. The van der Waals surface area contributed by atoms with Crippen molar-refractivity contribution in [2.75, 3.05) is 19.6 Å². The van der Waals surface area contributed by atoms with E-state index in [1.165, 1.54) is 4.90 Å². The molecule has 0 spiro atoms. The molecule has 0 radical (unpaired) electrons. The first-order chi connectivity index (χ1) is 14.3. The molecule has 2 rings (SSSR count). The number of urea groups is 1. The summed E-state index contributed by atoms with van der Waals surface area (Å²) in [4.78, 5) is 50.2. The van der Waals surface area contributed by atoms with Crippen LogP contribution in [0.2, 0.25) is 0 Å². The molecule has 0 unspecified atom stereocenters. The van der Waals surface area contributed by atoms with Crippen molar-refractivity contribution in [2.24, 2.45) is 17.8 Å². The second-order valence-electron chi connectivity index (χ2n) is 8.93. The number of nitrogens with zero attached hydrogens (tertiary/aromatic N) is 2. The topological polar surface area (TPSA) is 119 Å². The van der Waals surface area contributed by atoms with Crippen molar-refractivity contribution in [1.29, 1.82) is 0 Å². The summed E-state index contributed by atoms with van der Waals surface area (Å²) in [5.74, 6) is -0.449. The maximum absolute atomic E-state index is 13.2. The minimum atomic E-state index is -0.706. The lowest BCUT2D eigenvalue weighted by atomic mass is 9.91. The van der Waals surface area contributed by atoms with Gasteiger partial charge in [-0.1, -0.05) is 39.5 Å². The zero-order chi connectivity index (χ0) is 22.1. The van der Waals surface area contributed by atoms with E-state index in [1.807, 2.05) is 13.8 Å². The molecule has 9 nitrogen and oxygen atoms in total. The molecule has 1 heterocycles. The van der Waals surface area contributed by atoms with Gasteiger partial charge in [0.15, 0.2) is 0 Å². The average Bonchev–Trinajstić information content (AvgIpc) is 3.38. The molecular weight excluding hydrogens is 388 g/mol. The van der Waals surface area contributed by atoms with E-state index in [9.17, 15) is 24.4 Å². The van der Waals surface area contributed by atoms with Crippen LogP contribution in [-0.4, -0.2) is 65.1 Å². The van der Waals surface area contributed by atoms with Gasteiger partial charge in [0.1, 0.15) is 6.04 Å². The largest absolute Gasteiger partial charge is 0.338 e. The summed E-state index contributed by atoms with van der Waals surface area (Å²) in [6.07, 6.45) is 7.19. The first-order valence-electron chi connectivity index (χ1n) is 11.1. The van der Waals surface area contributed by atoms with Gasteiger partial charge in [0.05, 0.1) is 12.5 Å². The van der Waals surface area contributed by atoms with E-state index in [1.54, 1.807) is 0 Å². The summed E-state index contributed by atoms with van der Waals surface area (Å²) in [5.41, 5.74) is 0. The van der Waals surface area contributed by atoms with Crippen LogP contribution in [0.5, 0.6) is 0 Å². The maximum Gasteiger partial charge on any atom is 0.321 e. The van der Waals surface area contributed by atoms with E-state index in [2.05, 4.69) is 10.6 Å². The molecule has 1 saturated carbocycles. The average molecular weight is 425 g/mol. The molecule has 0 bridgehead atoms. The van der Waals surface area contributed by atoms with Crippen molar-refractivity contribution in [1.82, 2.24) is 20.6 Å². The minimum absolute atomic E-state index is 0.0840. The van der Waals surface area contributed by atoms with E-state index >= 15 is 0 Å². The monoisotopic (exact) mass is 424 g/mol. The molecule has 0 aromatic carbocycles. The van der Waals surface area contributed by atoms with Gasteiger partial charge in [0.25, 0.3) is 5.91 Å². The zero-order valence-corrected chi connectivity index (χ0v) is 18.1. The highest BCUT2D eigenvalue weighted by molar-refractivity contribution is 5.99.